The number of carbonyl (C=O) groups excluding carboxylic acids is 1. The van der Waals surface area contributed by atoms with Crippen molar-refractivity contribution in [2.75, 3.05) is 6.61 Å². The first-order valence-electron chi connectivity index (χ1n) is 10.8. The van der Waals surface area contributed by atoms with E-state index in [9.17, 15) is 13.6 Å². The van der Waals surface area contributed by atoms with Gasteiger partial charge in [0, 0.05) is 30.1 Å². The summed E-state index contributed by atoms with van der Waals surface area (Å²) < 4.78 is 41.7. The Hall–Kier alpha value is -2.95. The van der Waals surface area contributed by atoms with Crippen LogP contribution in [0.15, 0.2) is 35.0 Å². The van der Waals surface area contributed by atoms with E-state index in [-0.39, 0.29) is 35.4 Å². The first-order valence-corrected chi connectivity index (χ1v) is 11.5. The Morgan fingerprint density at radius 2 is 1.97 bits per heavy atom. The number of ether oxygens (including phenoxy) is 2. The van der Waals surface area contributed by atoms with E-state index in [1.807, 2.05) is 0 Å². The Morgan fingerprint density at radius 1 is 1.26 bits per heavy atom. The fourth-order valence-corrected chi connectivity index (χ4v) is 3.72. The van der Waals surface area contributed by atoms with Crippen molar-refractivity contribution in [3.63, 3.8) is 0 Å². The number of oxazole rings is 1. The van der Waals surface area contributed by atoms with Crippen LogP contribution in [0.3, 0.4) is 0 Å². The summed E-state index contributed by atoms with van der Waals surface area (Å²) in [5.74, 6) is 0.0806. The Morgan fingerprint density at radius 3 is 2.60 bits per heavy atom. The average molecular weight is 527 g/mol. The molecule has 1 aliphatic carbocycles. The third-order valence-corrected chi connectivity index (χ3v) is 5.89. The summed E-state index contributed by atoms with van der Waals surface area (Å²) in [4.78, 5) is 21.1. The van der Waals surface area contributed by atoms with Gasteiger partial charge in [-0.3, -0.25) is 9.78 Å². The van der Waals surface area contributed by atoms with Crippen molar-refractivity contribution >= 4 is 29.1 Å². The van der Waals surface area contributed by atoms with Crippen molar-refractivity contribution in [2.24, 2.45) is 11.7 Å². The van der Waals surface area contributed by atoms with Gasteiger partial charge in [-0.1, -0.05) is 23.2 Å². The highest BCUT2D eigenvalue weighted by Crippen LogP contribution is 2.37. The first kappa shape index (κ1) is 25.2. The minimum atomic E-state index is -3.01. The van der Waals surface area contributed by atoms with Gasteiger partial charge >= 0.3 is 6.61 Å². The Balaban J connectivity index is 1.59. The molecule has 186 valence electrons. The molecule has 12 heteroatoms. The number of nitrogens with one attached hydrogen (secondary N) is 1. The Labute approximate surface area is 209 Å². The summed E-state index contributed by atoms with van der Waals surface area (Å²) in [5.41, 5.74) is 6.88. The highest BCUT2D eigenvalue weighted by Gasteiger charge is 2.26. The van der Waals surface area contributed by atoms with Crippen LogP contribution >= 0.6 is 23.2 Å². The lowest BCUT2D eigenvalue weighted by Gasteiger charge is -2.12. The summed E-state index contributed by atoms with van der Waals surface area (Å²) in [6.45, 7) is -0.957. The lowest BCUT2D eigenvalue weighted by Crippen LogP contribution is -2.25. The molecule has 3 N–H and O–H groups in total. The molecule has 35 heavy (non-hydrogen) atoms. The van der Waals surface area contributed by atoms with Gasteiger partial charge in [0.15, 0.2) is 23.0 Å². The monoisotopic (exact) mass is 526 g/mol. The summed E-state index contributed by atoms with van der Waals surface area (Å²) in [5, 5.41) is 3.30. The van der Waals surface area contributed by atoms with Crippen LogP contribution < -0.4 is 20.5 Å². The number of alkyl halides is 2. The maximum Gasteiger partial charge on any atom is 0.387 e. The molecule has 3 aromatic rings. The van der Waals surface area contributed by atoms with Gasteiger partial charge in [-0.05, 0) is 43.9 Å². The number of carbonyl (C=O) groups is 1. The van der Waals surface area contributed by atoms with Gasteiger partial charge in [-0.15, -0.1) is 0 Å². The molecule has 0 unspecified atom stereocenters. The number of pyridine rings is 1. The number of nitrogens with two attached hydrogens (primary N) is 1. The van der Waals surface area contributed by atoms with Crippen molar-refractivity contribution in [1.29, 1.82) is 0 Å². The predicted octanol–water partition coefficient (Wildman–Crippen LogP) is 5.38. The molecule has 1 fully saturated rings. The van der Waals surface area contributed by atoms with E-state index in [0.717, 1.165) is 12.8 Å². The molecule has 8 nitrogen and oxygen atoms in total. The van der Waals surface area contributed by atoms with Gasteiger partial charge in [0.25, 0.3) is 5.91 Å². The molecule has 0 radical (unpaired) electrons. The number of halogens is 4. The van der Waals surface area contributed by atoms with Gasteiger partial charge in [-0.2, -0.15) is 8.78 Å². The third-order valence-electron chi connectivity index (χ3n) is 5.24. The van der Waals surface area contributed by atoms with E-state index < -0.39 is 18.6 Å². The second-order valence-corrected chi connectivity index (χ2v) is 8.89. The molecule has 0 aliphatic heterocycles. The molecule has 1 amide bonds. The average Bonchev–Trinajstić information content (AvgIpc) is 3.52. The molecule has 0 bridgehead atoms. The van der Waals surface area contributed by atoms with Crippen LogP contribution in [0.4, 0.5) is 8.78 Å². The standard InChI is InChI=1S/C23H22Cl2F2N4O4/c1-11(28)20-19(21(32)30-7-14-15(24)8-29-9-16(14)25)31-22(35-20)13-4-5-17(34-23(26)27)18(6-13)33-10-12-2-3-12/h4-6,8-9,11-12,23H,2-3,7,10,28H2,1H3,(H,30,32)/t11-/m0/s1. The molecule has 0 saturated heterocycles. The van der Waals surface area contributed by atoms with Crippen molar-refractivity contribution in [2.45, 2.75) is 39.0 Å². The molecular formula is C23H22Cl2F2N4O4. The predicted molar refractivity (Wildman–Crippen MR) is 125 cm³/mol. The quantitative estimate of drug-likeness (QED) is 0.364. The zero-order valence-corrected chi connectivity index (χ0v) is 20.1. The number of nitrogens with zero attached hydrogens (tertiary/aromatic N) is 2. The smallest absolute Gasteiger partial charge is 0.387 e. The highest BCUT2D eigenvalue weighted by atomic mass is 35.5. The van der Waals surface area contributed by atoms with Crippen molar-refractivity contribution in [1.82, 2.24) is 15.3 Å². The topological polar surface area (TPSA) is 113 Å². The van der Waals surface area contributed by atoms with E-state index in [2.05, 4.69) is 20.0 Å². The van der Waals surface area contributed by atoms with Crippen molar-refractivity contribution < 1.29 is 27.5 Å². The van der Waals surface area contributed by atoms with Crippen molar-refractivity contribution in [3.05, 3.63) is 57.7 Å². The molecule has 0 spiro atoms. The number of aromatic nitrogens is 2. The van der Waals surface area contributed by atoms with Gasteiger partial charge < -0.3 is 24.9 Å². The van der Waals surface area contributed by atoms with E-state index in [1.165, 1.54) is 30.6 Å². The Bertz CT molecular complexity index is 1200. The lowest BCUT2D eigenvalue weighted by molar-refractivity contribution is -0.0515. The molecule has 1 saturated carbocycles. The fourth-order valence-electron chi connectivity index (χ4n) is 3.23. The summed E-state index contributed by atoms with van der Waals surface area (Å²) in [6, 6.07) is 3.65. The molecular weight excluding hydrogens is 505 g/mol. The second-order valence-electron chi connectivity index (χ2n) is 8.08. The van der Waals surface area contributed by atoms with Gasteiger partial charge in [0.1, 0.15) is 0 Å². The molecule has 1 aromatic carbocycles. The van der Waals surface area contributed by atoms with Gasteiger partial charge in [0.05, 0.1) is 22.7 Å². The fraction of sp³-hybridized carbons (Fsp3) is 0.348. The van der Waals surface area contributed by atoms with Crippen LogP contribution in [0.2, 0.25) is 10.0 Å². The highest BCUT2D eigenvalue weighted by molar-refractivity contribution is 6.35. The normalized spacial score (nSPS) is 14.1. The minimum absolute atomic E-state index is 0.0235. The summed E-state index contributed by atoms with van der Waals surface area (Å²) in [7, 11) is 0. The van der Waals surface area contributed by atoms with E-state index in [1.54, 1.807) is 6.92 Å². The molecule has 1 atom stereocenters. The molecule has 2 aromatic heterocycles. The van der Waals surface area contributed by atoms with Crippen LogP contribution in [0.25, 0.3) is 11.5 Å². The van der Waals surface area contributed by atoms with Crippen LogP contribution in [0, 0.1) is 5.92 Å². The van der Waals surface area contributed by atoms with E-state index in [4.69, 9.17) is 38.1 Å². The maximum atomic E-state index is 12.9. The lowest BCUT2D eigenvalue weighted by atomic mass is 10.2. The zero-order valence-electron chi connectivity index (χ0n) is 18.6. The number of hydrogen-bond acceptors (Lipinski definition) is 7. The molecule has 2 heterocycles. The number of hydrogen-bond donors (Lipinski definition) is 2. The summed E-state index contributed by atoms with van der Waals surface area (Å²) >= 11 is 12.2. The second kappa shape index (κ2) is 10.8. The Kier molecular flexibility index (Phi) is 7.73. The number of rotatable bonds is 10. The molecule has 4 rings (SSSR count). The zero-order chi connectivity index (χ0) is 25.1. The van der Waals surface area contributed by atoms with Crippen LogP contribution in [-0.2, 0) is 6.54 Å². The largest absolute Gasteiger partial charge is 0.489 e. The number of amides is 1. The number of benzene rings is 1. The van der Waals surface area contributed by atoms with E-state index in [0.29, 0.717) is 33.7 Å². The van der Waals surface area contributed by atoms with Crippen LogP contribution in [-0.4, -0.2) is 29.1 Å². The van der Waals surface area contributed by atoms with E-state index >= 15 is 0 Å². The van der Waals surface area contributed by atoms with Crippen LogP contribution in [0.5, 0.6) is 11.5 Å². The molecule has 1 aliphatic rings. The van der Waals surface area contributed by atoms with Gasteiger partial charge in [0.2, 0.25) is 5.89 Å². The van der Waals surface area contributed by atoms with Crippen molar-refractivity contribution in [3.8, 4) is 23.0 Å². The van der Waals surface area contributed by atoms with Gasteiger partial charge in [-0.25, -0.2) is 4.98 Å². The SMILES string of the molecule is C[C@H](N)c1oc(-c2ccc(OC(F)F)c(OCC3CC3)c2)nc1C(=O)NCc1c(Cl)cncc1Cl. The first-order chi connectivity index (χ1) is 16.7. The minimum Gasteiger partial charge on any atom is -0.489 e. The third kappa shape index (κ3) is 6.19. The maximum absolute atomic E-state index is 12.9. The summed E-state index contributed by atoms with van der Waals surface area (Å²) in [6.07, 6.45) is 4.88. The van der Waals surface area contributed by atoms with Crippen LogP contribution in [0.1, 0.15) is 47.6 Å².